The molecule has 1 radical (unpaired) electrons. The van der Waals surface area contributed by atoms with Crippen LogP contribution < -0.4 is 0 Å². The van der Waals surface area contributed by atoms with Crippen LogP contribution >= 0.6 is 0 Å². The van der Waals surface area contributed by atoms with Crippen molar-refractivity contribution < 1.29 is 36.9 Å². The Morgan fingerprint density at radius 3 is 1.44 bits per heavy atom. The number of carbonyl (C=O) groups is 2. The average molecular weight is 302 g/mol. The maximum Gasteiger partial charge on any atom is 2.00 e. The fraction of sp³-hybridized carbons (Fsp3) is 0.273. The molecule has 0 aliphatic rings. The molecule has 0 unspecified atom stereocenters. The van der Waals surface area contributed by atoms with Crippen LogP contribution in [0.1, 0.15) is 27.1 Å². The van der Waals surface area contributed by atoms with Crippen molar-refractivity contribution in [3.8, 4) is 0 Å². The van der Waals surface area contributed by atoms with Gasteiger partial charge in [-0.25, -0.2) is 9.59 Å². The smallest absolute Gasteiger partial charge is 0.677 e. The summed E-state index contributed by atoms with van der Waals surface area (Å²) in [7, 11) is 0. The van der Waals surface area contributed by atoms with Crippen LogP contribution in [0.15, 0.2) is 24.3 Å². The quantitative estimate of drug-likeness (QED) is 0.829. The second-order valence-corrected chi connectivity index (χ2v) is 3.01. The Morgan fingerprint density at radius 2 is 1.28 bits per heavy atom. The van der Waals surface area contributed by atoms with Crippen molar-refractivity contribution in [2.75, 3.05) is 13.1 Å². The zero-order chi connectivity index (χ0) is 13.3. The van der Waals surface area contributed by atoms with Crippen LogP contribution in [0.4, 0.5) is 0 Å². The summed E-state index contributed by atoms with van der Waals surface area (Å²) in [6.45, 7) is 0.812. The molecule has 0 bridgehead atoms. The van der Waals surface area contributed by atoms with Gasteiger partial charge in [0.2, 0.25) is 0 Å². The molecule has 1 aromatic rings. The van der Waals surface area contributed by atoms with Crippen molar-refractivity contribution in [2.45, 2.75) is 6.42 Å². The van der Waals surface area contributed by atoms with E-state index in [1.165, 1.54) is 24.3 Å². The Morgan fingerprint density at radius 1 is 0.944 bits per heavy atom. The summed E-state index contributed by atoms with van der Waals surface area (Å²) in [5, 5.41) is 17.1. The van der Waals surface area contributed by atoms with Crippen molar-refractivity contribution >= 4 is 11.9 Å². The monoisotopic (exact) mass is 301 g/mol. The normalized spacial score (nSPS) is 8.56. The van der Waals surface area contributed by atoms with E-state index >= 15 is 0 Å². The first-order chi connectivity index (χ1) is 8.04. The van der Waals surface area contributed by atoms with Crippen LogP contribution in [0.2, 0.25) is 0 Å². The minimum Gasteiger partial charge on any atom is -0.677 e. The third-order valence-corrected chi connectivity index (χ3v) is 1.74. The molecule has 7 heteroatoms. The van der Waals surface area contributed by atoms with Gasteiger partial charge in [-0.15, -0.1) is 0 Å². The zero-order valence-corrected chi connectivity index (χ0v) is 10.4. The van der Waals surface area contributed by atoms with E-state index in [1.54, 1.807) is 0 Å². The maximum absolute atomic E-state index is 10.5. The average Bonchev–Trinajstić information content (AvgIpc) is 2.30. The standard InChI is InChI=1S/C8H6O4.C3H8N2.Cu/c9-7(10)5-3-1-2-4-6(5)8(11)12;4-2-1-3-5;/h1-4H,(H,9,10)(H,11,12);4-5H,1-3H2;/q;-2;+2. The molecule has 18 heavy (non-hydrogen) atoms. The molecule has 0 spiro atoms. The van der Waals surface area contributed by atoms with Crippen LogP contribution in [-0.4, -0.2) is 35.2 Å². The summed E-state index contributed by atoms with van der Waals surface area (Å²) < 4.78 is 0. The number of nitrogens with one attached hydrogen (secondary N) is 2. The summed E-state index contributed by atoms with van der Waals surface area (Å²) in [4.78, 5) is 20.9. The van der Waals surface area contributed by atoms with E-state index in [2.05, 4.69) is 0 Å². The number of hydrogen-bond donors (Lipinski definition) is 2. The van der Waals surface area contributed by atoms with E-state index in [1.807, 2.05) is 0 Å². The van der Waals surface area contributed by atoms with Gasteiger partial charge in [0.15, 0.2) is 0 Å². The first-order valence-corrected chi connectivity index (χ1v) is 4.89. The molecule has 0 aromatic heterocycles. The summed E-state index contributed by atoms with van der Waals surface area (Å²) in [6.07, 6.45) is 0.722. The fourth-order valence-electron chi connectivity index (χ4n) is 0.944. The number of hydrogen-bond acceptors (Lipinski definition) is 2. The zero-order valence-electron chi connectivity index (χ0n) is 9.44. The van der Waals surface area contributed by atoms with E-state index in [4.69, 9.17) is 21.7 Å². The molecule has 0 heterocycles. The summed E-state index contributed by atoms with van der Waals surface area (Å²) in [5.74, 6) is -2.46. The molecule has 0 saturated heterocycles. The van der Waals surface area contributed by atoms with E-state index in [-0.39, 0.29) is 28.2 Å². The van der Waals surface area contributed by atoms with Crippen molar-refractivity contribution in [1.82, 2.24) is 0 Å². The van der Waals surface area contributed by atoms with Gasteiger partial charge in [0.05, 0.1) is 11.1 Å². The van der Waals surface area contributed by atoms with Crippen LogP contribution in [0.5, 0.6) is 0 Å². The number of carboxylic acid groups (broad SMARTS) is 2. The van der Waals surface area contributed by atoms with Gasteiger partial charge in [-0.1, -0.05) is 18.6 Å². The summed E-state index contributed by atoms with van der Waals surface area (Å²) >= 11 is 0. The van der Waals surface area contributed by atoms with Crippen LogP contribution in [0, 0.1) is 0 Å². The molecular weight excluding hydrogens is 288 g/mol. The first-order valence-electron chi connectivity index (χ1n) is 4.89. The Kier molecular flexibility index (Phi) is 11.3. The van der Waals surface area contributed by atoms with Crippen LogP contribution in [-0.2, 0) is 17.1 Å². The summed E-state index contributed by atoms with van der Waals surface area (Å²) in [5.41, 5.74) is 12.6. The molecule has 6 nitrogen and oxygen atoms in total. The Hall–Kier alpha value is -1.40. The van der Waals surface area contributed by atoms with Crippen molar-refractivity contribution in [1.29, 1.82) is 0 Å². The number of carboxylic acids is 2. The fourth-order valence-corrected chi connectivity index (χ4v) is 0.944. The topological polar surface area (TPSA) is 122 Å². The van der Waals surface area contributed by atoms with Gasteiger partial charge in [-0.05, 0) is 12.1 Å². The molecule has 1 aromatic carbocycles. The molecule has 4 N–H and O–H groups in total. The minimum atomic E-state index is -1.23. The van der Waals surface area contributed by atoms with Crippen molar-refractivity contribution in [2.24, 2.45) is 0 Å². The largest absolute Gasteiger partial charge is 2.00 e. The molecule has 0 aliphatic carbocycles. The third-order valence-electron chi connectivity index (χ3n) is 1.74. The second kappa shape index (κ2) is 10.7. The molecule has 0 aliphatic heterocycles. The predicted octanol–water partition coefficient (Wildman–Crippen LogP) is 2.56. The van der Waals surface area contributed by atoms with Crippen molar-refractivity contribution in [3.63, 3.8) is 0 Å². The van der Waals surface area contributed by atoms with Crippen LogP contribution in [0.25, 0.3) is 11.5 Å². The van der Waals surface area contributed by atoms with Gasteiger partial charge >= 0.3 is 29.0 Å². The van der Waals surface area contributed by atoms with Gasteiger partial charge in [-0.2, -0.15) is 13.1 Å². The molecule has 0 atom stereocenters. The van der Waals surface area contributed by atoms with Gasteiger partial charge in [0.25, 0.3) is 0 Å². The Labute approximate surface area is 115 Å². The third kappa shape index (κ3) is 7.03. The molecule has 0 amide bonds. The molecule has 0 saturated carbocycles. The van der Waals surface area contributed by atoms with E-state index in [0.717, 1.165) is 6.42 Å². The molecule has 103 valence electrons. The second-order valence-electron chi connectivity index (χ2n) is 3.01. The van der Waals surface area contributed by atoms with Gasteiger partial charge in [0.1, 0.15) is 0 Å². The summed E-state index contributed by atoms with van der Waals surface area (Å²) in [6, 6.07) is 5.48. The first kappa shape index (κ1) is 19.0. The van der Waals surface area contributed by atoms with Gasteiger partial charge in [0, 0.05) is 0 Å². The molecule has 1 rings (SSSR count). The predicted molar refractivity (Wildman–Crippen MR) is 63.4 cm³/mol. The minimum absolute atomic E-state index is 0. The van der Waals surface area contributed by atoms with E-state index in [9.17, 15) is 9.59 Å². The Balaban J connectivity index is 0. The number of rotatable bonds is 4. The van der Waals surface area contributed by atoms with E-state index in [0.29, 0.717) is 13.1 Å². The SMILES string of the molecule is O=C(O)c1ccccc1C(=O)O.[Cu+2].[NH-]CCC[NH-]. The van der Waals surface area contributed by atoms with Gasteiger partial charge in [-0.3, -0.25) is 0 Å². The van der Waals surface area contributed by atoms with E-state index < -0.39 is 11.9 Å². The van der Waals surface area contributed by atoms with Gasteiger partial charge < -0.3 is 21.7 Å². The maximum atomic E-state index is 10.5. The Bertz CT molecular complexity index is 350. The van der Waals surface area contributed by atoms with Crippen molar-refractivity contribution in [3.05, 3.63) is 46.9 Å². The van der Waals surface area contributed by atoms with Crippen LogP contribution in [0.3, 0.4) is 0 Å². The molecular formula is C11H14CuN2O4. The number of aromatic carboxylic acids is 2. The molecule has 0 fully saturated rings. The number of benzene rings is 1.